The summed E-state index contributed by atoms with van der Waals surface area (Å²) < 4.78 is 9.95. The second-order valence-corrected chi connectivity index (χ2v) is 12.0. The molecule has 9 rings (SSSR count). The number of aliphatic imine (C=N–C) groups is 1. The maximum absolute atomic E-state index is 6.16. The SMILES string of the molecule is C=Nc1cccc(-c2ccc3oc4ccc(N)cc4c3c2)c1-n1c2c(c3ccccc31)-c1sc3ccccc3c1CC2. The molecular formula is C37H25N3OS. The van der Waals surface area contributed by atoms with Crippen LogP contribution in [-0.4, -0.2) is 11.3 Å². The van der Waals surface area contributed by atoms with Gasteiger partial charge < -0.3 is 14.7 Å². The molecule has 200 valence electrons. The molecule has 4 nitrogen and oxygen atoms in total. The van der Waals surface area contributed by atoms with Crippen LogP contribution in [0.15, 0.2) is 113 Å². The van der Waals surface area contributed by atoms with Crippen LogP contribution in [-0.2, 0) is 12.8 Å². The number of nitrogen functional groups attached to an aromatic ring is 1. The Kier molecular flexibility index (Phi) is 4.87. The predicted octanol–water partition coefficient (Wildman–Crippen LogP) is 10.1. The van der Waals surface area contributed by atoms with Crippen molar-refractivity contribution in [3.63, 3.8) is 0 Å². The normalized spacial score (nSPS) is 12.8. The monoisotopic (exact) mass is 559 g/mol. The summed E-state index contributed by atoms with van der Waals surface area (Å²) in [5, 5.41) is 4.73. The number of benzene rings is 5. The first kappa shape index (κ1) is 23.6. The van der Waals surface area contributed by atoms with Crippen molar-refractivity contribution in [3.05, 3.63) is 114 Å². The van der Waals surface area contributed by atoms with Crippen LogP contribution in [0.4, 0.5) is 11.4 Å². The van der Waals surface area contributed by atoms with Gasteiger partial charge in [0.2, 0.25) is 0 Å². The minimum atomic E-state index is 0.722. The van der Waals surface area contributed by atoms with Crippen LogP contribution < -0.4 is 5.73 Å². The Morgan fingerprint density at radius 3 is 2.43 bits per heavy atom. The van der Waals surface area contributed by atoms with Crippen LogP contribution in [0, 0.1) is 0 Å². The summed E-state index contributed by atoms with van der Waals surface area (Å²) in [5.41, 5.74) is 18.0. The van der Waals surface area contributed by atoms with Crippen molar-refractivity contribution in [2.45, 2.75) is 12.8 Å². The van der Waals surface area contributed by atoms with Crippen molar-refractivity contribution in [2.75, 3.05) is 5.73 Å². The molecule has 42 heavy (non-hydrogen) atoms. The van der Waals surface area contributed by atoms with Crippen molar-refractivity contribution in [3.8, 4) is 27.3 Å². The summed E-state index contributed by atoms with van der Waals surface area (Å²) in [6, 6.07) is 36.2. The predicted molar refractivity (Wildman–Crippen MR) is 178 cm³/mol. The molecule has 0 saturated heterocycles. The third-order valence-electron chi connectivity index (χ3n) is 8.72. The molecular weight excluding hydrogens is 534 g/mol. The van der Waals surface area contributed by atoms with Gasteiger partial charge in [-0.2, -0.15) is 0 Å². The fourth-order valence-corrected chi connectivity index (χ4v) is 8.25. The molecule has 0 aliphatic heterocycles. The van der Waals surface area contributed by atoms with Crippen LogP contribution >= 0.6 is 11.3 Å². The molecule has 0 fully saturated rings. The Morgan fingerprint density at radius 1 is 0.762 bits per heavy atom. The number of hydrogen-bond donors (Lipinski definition) is 1. The summed E-state index contributed by atoms with van der Waals surface area (Å²) in [4.78, 5) is 5.95. The molecule has 2 N–H and O–H groups in total. The van der Waals surface area contributed by atoms with Gasteiger partial charge in [0.25, 0.3) is 0 Å². The third kappa shape index (κ3) is 3.20. The second kappa shape index (κ2) is 8.68. The second-order valence-electron chi connectivity index (χ2n) is 11.0. The number of thiophene rings is 1. The van der Waals surface area contributed by atoms with E-state index < -0.39 is 0 Å². The number of fused-ring (bicyclic) bond motifs is 10. The van der Waals surface area contributed by atoms with Gasteiger partial charge in [0.05, 0.1) is 16.9 Å². The summed E-state index contributed by atoms with van der Waals surface area (Å²) >= 11 is 1.91. The lowest BCUT2D eigenvalue weighted by molar-refractivity contribution is 0.669. The Hall–Kier alpha value is -5.13. The van der Waals surface area contributed by atoms with Gasteiger partial charge in [-0.25, -0.2) is 0 Å². The molecule has 0 unspecified atom stereocenters. The number of nitrogens with two attached hydrogens (primary N) is 1. The fraction of sp³-hybridized carbons (Fsp3) is 0.0541. The maximum Gasteiger partial charge on any atom is 0.135 e. The zero-order valence-electron chi connectivity index (χ0n) is 22.7. The highest BCUT2D eigenvalue weighted by atomic mass is 32.1. The van der Waals surface area contributed by atoms with E-state index in [1.807, 2.05) is 29.5 Å². The van der Waals surface area contributed by atoms with E-state index in [-0.39, 0.29) is 0 Å². The Labute approximate surface area is 246 Å². The Balaban J connectivity index is 1.35. The molecule has 5 aromatic carbocycles. The molecule has 0 atom stereocenters. The highest BCUT2D eigenvalue weighted by molar-refractivity contribution is 7.22. The number of hydrogen-bond acceptors (Lipinski definition) is 4. The number of aryl methyl sites for hydroxylation is 1. The van der Waals surface area contributed by atoms with Crippen molar-refractivity contribution >= 4 is 72.4 Å². The smallest absolute Gasteiger partial charge is 0.135 e. The van der Waals surface area contributed by atoms with Crippen molar-refractivity contribution < 1.29 is 4.42 Å². The van der Waals surface area contributed by atoms with Gasteiger partial charge in [0.15, 0.2) is 0 Å². The van der Waals surface area contributed by atoms with Gasteiger partial charge in [0.1, 0.15) is 11.2 Å². The lowest BCUT2D eigenvalue weighted by Crippen LogP contribution is -2.08. The molecule has 3 heterocycles. The zero-order valence-corrected chi connectivity index (χ0v) is 23.5. The average Bonchev–Trinajstić information content (AvgIpc) is 3.69. The first-order valence-electron chi connectivity index (χ1n) is 14.1. The lowest BCUT2D eigenvalue weighted by atomic mass is 9.92. The van der Waals surface area contributed by atoms with Gasteiger partial charge in [-0.15, -0.1) is 11.3 Å². The molecule has 1 aliphatic rings. The number of nitrogens with zero attached hydrogens (tertiary/aromatic N) is 2. The average molecular weight is 560 g/mol. The van der Waals surface area contributed by atoms with Crippen molar-refractivity contribution in [1.82, 2.24) is 4.57 Å². The van der Waals surface area contributed by atoms with E-state index in [9.17, 15) is 0 Å². The summed E-state index contributed by atoms with van der Waals surface area (Å²) in [6.07, 6.45) is 1.96. The van der Waals surface area contributed by atoms with Gasteiger partial charge in [-0.1, -0.05) is 54.6 Å². The van der Waals surface area contributed by atoms with Crippen LogP contribution in [0.25, 0.3) is 70.2 Å². The fourth-order valence-electron chi connectivity index (χ4n) is 6.92. The Morgan fingerprint density at radius 2 is 1.55 bits per heavy atom. The van der Waals surface area contributed by atoms with Gasteiger partial charge >= 0.3 is 0 Å². The van der Waals surface area contributed by atoms with Gasteiger partial charge in [-0.05, 0) is 84.6 Å². The minimum absolute atomic E-state index is 0.722. The topological polar surface area (TPSA) is 56.4 Å². The largest absolute Gasteiger partial charge is 0.456 e. The molecule has 0 bridgehead atoms. The van der Waals surface area contributed by atoms with E-state index in [1.165, 1.54) is 42.7 Å². The number of anilines is 1. The van der Waals surface area contributed by atoms with Crippen molar-refractivity contribution in [2.24, 2.45) is 4.99 Å². The Bertz CT molecular complexity index is 2400. The van der Waals surface area contributed by atoms with E-state index in [4.69, 9.17) is 10.2 Å². The standard InChI is InChI=1S/C37H25N3OS/c1-39-29-10-6-9-23(21-13-17-32-27(19-21)28-20-22(38)14-18-33(28)41-32)36(29)40-30-11-4-2-8-26(30)35-31(40)16-15-25-24-7-3-5-12-34(24)42-37(25)35/h2-14,17-20H,1,15-16,38H2. The van der Waals surface area contributed by atoms with E-state index in [1.54, 1.807) is 0 Å². The quantitative estimate of drug-likeness (QED) is 0.173. The highest BCUT2D eigenvalue weighted by Crippen LogP contribution is 2.50. The van der Waals surface area contributed by atoms with E-state index in [2.05, 4.69) is 101 Å². The molecule has 0 spiro atoms. The number of aromatic nitrogens is 1. The first-order chi connectivity index (χ1) is 20.7. The first-order valence-corrected chi connectivity index (χ1v) is 15.0. The highest BCUT2D eigenvalue weighted by Gasteiger charge is 2.29. The molecule has 1 aliphatic carbocycles. The van der Waals surface area contributed by atoms with E-state index in [0.717, 1.165) is 63.0 Å². The molecule has 8 aromatic rings. The van der Waals surface area contributed by atoms with E-state index >= 15 is 0 Å². The summed E-state index contributed by atoms with van der Waals surface area (Å²) in [6.45, 7) is 4.00. The van der Waals surface area contributed by atoms with Crippen LogP contribution in [0.3, 0.4) is 0 Å². The van der Waals surface area contributed by atoms with E-state index in [0.29, 0.717) is 0 Å². The zero-order chi connectivity index (χ0) is 27.9. The molecule has 5 heteroatoms. The summed E-state index contributed by atoms with van der Waals surface area (Å²) in [7, 11) is 0. The van der Waals surface area contributed by atoms with Gasteiger partial charge in [0, 0.05) is 48.2 Å². The van der Waals surface area contributed by atoms with Crippen LogP contribution in [0.1, 0.15) is 11.3 Å². The molecule has 0 saturated carbocycles. The maximum atomic E-state index is 6.16. The van der Waals surface area contributed by atoms with Crippen LogP contribution in [0.2, 0.25) is 0 Å². The number of para-hydroxylation sites is 2. The number of rotatable bonds is 3. The van der Waals surface area contributed by atoms with Crippen molar-refractivity contribution in [1.29, 1.82) is 0 Å². The molecule has 3 aromatic heterocycles. The molecule has 0 radical (unpaired) electrons. The van der Waals surface area contributed by atoms with Crippen LogP contribution in [0.5, 0.6) is 0 Å². The lowest BCUT2D eigenvalue weighted by Gasteiger charge is -2.21. The minimum Gasteiger partial charge on any atom is -0.456 e. The summed E-state index contributed by atoms with van der Waals surface area (Å²) in [5.74, 6) is 0. The number of furan rings is 1. The molecule has 0 amide bonds. The van der Waals surface area contributed by atoms with Gasteiger partial charge in [-0.3, -0.25) is 4.99 Å². The third-order valence-corrected chi connectivity index (χ3v) is 9.95.